The standard InChI is InChI=1S/C24H24N2O4/c27-22(17-7-8-19-16(14-17)4-3-13-30-19)20-21(15-9-11-25-12-10-15)26(24(29)23(20)28)18-5-1-2-6-18/h7-12,14,18,21,27H,1-6,13H2/b22-20-. The smallest absolute Gasteiger partial charge is 0.295 e. The van der Waals surface area contributed by atoms with Gasteiger partial charge in [-0.15, -0.1) is 0 Å². The van der Waals surface area contributed by atoms with Gasteiger partial charge >= 0.3 is 0 Å². The molecule has 30 heavy (non-hydrogen) atoms. The van der Waals surface area contributed by atoms with E-state index in [-0.39, 0.29) is 17.4 Å². The maximum Gasteiger partial charge on any atom is 0.295 e. The van der Waals surface area contributed by atoms with Gasteiger partial charge in [-0.05, 0) is 67.1 Å². The number of carbonyl (C=O) groups is 2. The highest BCUT2D eigenvalue weighted by Gasteiger charge is 2.49. The first kappa shape index (κ1) is 18.9. The molecule has 2 fully saturated rings. The van der Waals surface area contributed by atoms with Crippen LogP contribution in [-0.2, 0) is 16.0 Å². The summed E-state index contributed by atoms with van der Waals surface area (Å²) in [4.78, 5) is 31.9. The molecule has 5 rings (SSSR count). The second-order valence-electron chi connectivity index (χ2n) is 8.20. The Bertz CT molecular complexity index is 1020. The van der Waals surface area contributed by atoms with E-state index in [1.54, 1.807) is 23.4 Å². The number of nitrogens with zero attached hydrogens (tertiary/aromatic N) is 2. The molecule has 2 aromatic rings. The summed E-state index contributed by atoms with van der Waals surface area (Å²) >= 11 is 0. The lowest BCUT2D eigenvalue weighted by Gasteiger charge is -2.30. The Kier molecular flexibility index (Phi) is 4.77. The molecule has 1 aliphatic carbocycles. The Morgan fingerprint density at radius 3 is 2.60 bits per heavy atom. The average molecular weight is 404 g/mol. The largest absolute Gasteiger partial charge is 0.507 e. The minimum atomic E-state index is -0.616. The second kappa shape index (κ2) is 7.59. The molecule has 3 heterocycles. The minimum absolute atomic E-state index is 0.0156. The maximum atomic E-state index is 13.1. The Labute approximate surface area is 175 Å². The summed E-state index contributed by atoms with van der Waals surface area (Å²) in [5.74, 6) is -0.444. The van der Waals surface area contributed by atoms with E-state index in [0.29, 0.717) is 12.2 Å². The number of aryl methyl sites for hydroxylation is 1. The fraction of sp³-hybridized carbons (Fsp3) is 0.375. The van der Waals surface area contributed by atoms with Crippen LogP contribution in [0.4, 0.5) is 0 Å². The number of ketones is 1. The van der Waals surface area contributed by atoms with Crippen molar-refractivity contribution in [2.75, 3.05) is 6.61 Å². The van der Waals surface area contributed by atoms with Crippen molar-refractivity contribution in [2.45, 2.75) is 50.6 Å². The van der Waals surface area contributed by atoms with Gasteiger partial charge in [-0.1, -0.05) is 12.8 Å². The van der Waals surface area contributed by atoms with Gasteiger partial charge in [0.1, 0.15) is 11.5 Å². The highest BCUT2D eigenvalue weighted by atomic mass is 16.5. The molecule has 1 amide bonds. The third kappa shape index (κ3) is 3.07. The molecular weight excluding hydrogens is 380 g/mol. The van der Waals surface area contributed by atoms with E-state index < -0.39 is 17.7 Å². The molecule has 6 nitrogen and oxygen atoms in total. The number of aliphatic hydroxyl groups is 1. The van der Waals surface area contributed by atoms with Crippen LogP contribution < -0.4 is 4.74 Å². The Morgan fingerprint density at radius 1 is 1.07 bits per heavy atom. The molecule has 0 radical (unpaired) electrons. The monoisotopic (exact) mass is 404 g/mol. The molecular formula is C24H24N2O4. The van der Waals surface area contributed by atoms with Gasteiger partial charge in [0, 0.05) is 24.0 Å². The van der Waals surface area contributed by atoms with E-state index in [1.165, 1.54) is 0 Å². The molecule has 1 aromatic heterocycles. The van der Waals surface area contributed by atoms with Gasteiger partial charge in [0.2, 0.25) is 0 Å². The van der Waals surface area contributed by atoms with Gasteiger partial charge in [0.15, 0.2) is 0 Å². The number of hydrogen-bond donors (Lipinski definition) is 1. The number of aromatic nitrogens is 1. The predicted octanol–water partition coefficient (Wildman–Crippen LogP) is 3.77. The molecule has 0 bridgehead atoms. The van der Waals surface area contributed by atoms with Crippen molar-refractivity contribution in [3.8, 4) is 5.75 Å². The number of carbonyl (C=O) groups excluding carboxylic acids is 2. The van der Waals surface area contributed by atoms with E-state index in [1.807, 2.05) is 24.3 Å². The number of likely N-dealkylation sites (tertiary alicyclic amines) is 1. The lowest BCUT2D eigenvalue weighted by molar-refractivity contribution is -0.141. The van der Waals surface area contributed by atoms with Crippen LogP contribution in [0.25, 0.3) is 5.76 Å². The van der Waals surface area contributed by atoms with Crippen molar-refractivity contribution in [2.24, 2.45) is 0 Å². The molecule has 6 heteroatoms. The van der Waals surface area contributed by atoms with Crippen LogP contribution in [0, 0.1) is 0 Å². The number of ether oxygens (including phenoxy) is 1. The van der Waals surface area contributed by atoms with Crippen molar-refractivity contribution >= 4 is 17.4 Å². The zero-order valence-electron chi connectivity index (χ0n) is 16.7. The topological polar surface area (TPSA) is 79.7 Å². The third-order valence-corrected chi connectivity index (χ3v) is 6.40. The van der Waals surface area contributed by atoms with Crippen LogP contribution >= 0.6 is 0 Å². The number of aliphatic hydroxyl groups excluding tert-OH is 1. The highest BCUT2D eigenvalue weighted by molar-refractivity contribution is 6.46. The summed E-state index contributed by atoms with van der Waals surface area (Å²) in [5.41, 5.74) is 2.51. The number of benzene rings is 1. The molecule has 154 valence electrons. The van der Waals surface area contributed by atoms with Gasteiger partial charge in [0.05, 0.1) is 18.2 Å². The highest BCUT2D eigenvalue weighted by Crippen LogP contribution is 2.43. The number of pyridine rings is 1. The van der Waals surface area contributed by atoms with E-state index in [9.17, 15) is 14.7 Å². The second-order valence-corrected chi connectivity index (χ2v) is 8.20. The van der Waals surface area contributed by atoms with E-state index >= 15 is 0 Å². The van der Waals surface area contributed by atoms with Gasteiger partial charge in [-0.25, -0.2) is 0 Å². The molecule has 2 aliphatic heterocycles. The van der Waals surface area contributed by atoms with E-state index in [4.69, 9.17) is 4.74 Å². The quantitative estimate of drug-likeness (QED) is 0.479. The van der Waals surface area contributed by atoms with Gasteiger partial charge in [0.25, 0.3) is 11.7 Å². The number of hydrogen-bond acceptors (Lipinski definition) is 5. The molecule has 1 atom stereocenters. The van der Waals surface area contributed by atoms with Crippen LogP contribution in [0.3, 0.4) is 0 Å². The summed E-state index contributed by atoms with van der Waals surface area (Å²) < 4.78 is 5.66. The van der Waals surface area contributed by atoms with Gasteiger partial charge < -0.3 is 14.7 Å². The zero-order valence-corrected chi connectivity index (χ0v) is 16.7. The first-order valence-corrected chi connectivity index (χ1v) is 10.6. The zero-order chi connectivity index (χ0) is 20.7. The lowest BCUT2D eigenvalue weighted by atomic mass is 9.94. The fourth-order valence-corrected chi connectivity index (χ4v) is 4.95. The number of amides is 1. The third-order valence-electron chi connectivity index (χ3n) is 6.40. The predicted molar refractivity (Wildman–Crippen MR) is 111 cm³/mol. The molecule has 1 N–H and O–H groups in total. The summed E-state index contributed by atoms with van der Waals surface area (Å²) in [5, 5.41) is 11.2. The number of fused-ring (bicyclic) bond motifs is 1. The Balaban J connectivity index is 1.64. The molecule has 1 saturated heterocycles. The number of Topliss-reactive ketones (excluding diaryl/α,β-unsaturated/α-hetero) is 1. The van der Waals surface area contributed by atoms with Crippen molar-refractivity contribution in [3.05, 3.63) is 65.0 Å². The normalized spacial score (nSPS) is 23.5. The van der Waals surface area contributed by atoms with Crippen LogP contribution in [-0.4, -0.2) is 39.3 Å². The summed E-state index contributed by atoms with van der Waals surface area (Å²) in [6, 6.07) is 8.50. The van der Waals surface area contributed by atoms with Crippen molar-refractivity contribution < 1.29 is 19.4 Å². The van der Waals surface area contributed by atoms with Crippen molar-refractivity contribution in [1.82, 2.24) is 9.88 Å². The van der Waals surface area contributed by atoms with Crippen molar-refractivity contribution in [1.29, 1.82) is 0 Å². The van der Waals surface area contributed by atoms with Crippen LogP contribution in [0.2, 0.25) is 0 Å². The summed E-state index contributed by atoms with van der Waals surface area (Å²) in [7, 11) is 0. The summed E-state index contributed by atoms with van der Waals surface area (Å²) in [6.07, 6.45) is 8.93. The van der Waals surface area contributed by atoms with Crippen LogP contribution in [0.15, 0.2) is 48.3 Å². The molecule has 0 spiro atoms. The summed E-state index contributed by atoms with van der Waals surface area (Å²) in [6.45, 7) is 0.687. The minimum Gasteiger partial charge on any atom is -0.507 e. The van der Waals surface area contributed by atoms with E-state index in [0.717, 1.165) is 55.4 Å². The molecule has 3 aliphatic rings. The Hall–Kier alpha value is -3.15. The SMILES string of the molecule is O=C1C(=O)N(C2CCCC2)C(c2ccncc2)/C1=C(/O)c1ccc2c(c1)CCCO2. The first-order chi connectivity index (χ1) is 14.6. The van der Waals surface area contributed by atoms with E-state index in [2.05, 4.69) is 4.98 Å². The van der Waals surface area contributed by atoms with Crippen LogP contribution in [0.1, 0.15) is 54.8 Å². The Morgan fingerprint density at radius 2 is 1.83 bits per heavy atom. The molecule has 1 aromatic carbocycles. The fourth-order valence-electron chi connectivity index (χ4n) is 4.95. The molecule has 1 saturated carbocycles. The van der Waals surface area contributed by atoms with Crippen LogP contribution in [0.5, 0.6) is 5.75 Å². The van der Waals surface area contributed by atoms with Gasteiger partial charge in [-0.2, -0.15) is 0 Å². The average Bonchev–Trinajstić information content (AvgIpc) is 3.40. The lowest BCUT2D eigenvalue weighted by Crippen LogP contribution is -2.37. The molecule has 1 unspecified atom stereocenters. The van der Waals surface area contributed by atoms with Gasteiger partial charge in [-0.3, -0.25) is 14.6 Å². The van der Waals surface area contributed by atoms with Crippen molar-refractivity contribution in [3.63, 3.8) is 0 Å². The maximum absolute atomic E-state index is 13.1. The first-order valence-electron chi connectivity index (χ1n) is 10.6. The number of rotatable bonds is 3.